The Labute approximate surface area is 41.6 Å². The van der Waals surface area contributed by atoms with Crippen LogP contribution >= 0.6 is 0 Å². The van der Waals surface area contributed by atoms with Gasteiger partial charge in [0.1, 0.15) is 0 Å². The van der Waals surface area contributed by atoms with Crippen molar-refractivity contribution in [3.63, 3.8) is 0 Å². The molecule has 0 heterocycles. The van der Waals surface area contributed by atoms with Gasteiger partial charge in [0.2, 0.25) is 0 Å². The van der Waals surface area contributed by atoms with Crippen molar-refractivity contribution in [3.05, 3.63) is 6.92 Å². The van der Waals surface area contributed by atoms with Gasteiger partial charge in [-0.15, -0.1) is 0 Å². The van der Waals surface area contributed by atoms with Crippen molar-refractivity contribution in [3.8, 4) is 0 Å². The first-order chi connectivity index (χ1) is 2.56. The molecule has 0 aromatic carbocycles. The van der Waals surface area contributed by atoms with Crippen LogP contribution in [0.1, 0.15) is 0 Å². The molecular weight excluding hydrogens is 88.1 g/mol. The first-order valence-corrected chi connectivity index (χ1v) is 6.06. The number of rotatable bonds is 1. The Morgan fingerprint density at radius 1 is 1.33 bits per heavy atom. The molecule has 0 rings (SSSR count). The maximum absolute atomic E-state index is 3.82. The summed E-state index contributed by atoms with van der Waals surface area (Å²) in [5, 5.41) is 0. The molecule has 0 aromatic heterocycles. The maximum atomic E-state index is 3.82. The van der Waals surface area contributed by atoms with Crippen LogP contribution in [0, 0.1) is 6.92 Å². The first kappa shape index (κ1) is 6.09. The van der Waals surface area contributed by atoms with Gasteiger partial charge in [0.25, 0.3) is 0 Å². The van der Waals surface area contributed by atoms with E-state index < -0.39 is 8.07 Å². The summed E-state index contributed by atoms with van der Waals surface area (Å²) >= 11 is 0. The molecule has 0 saturated carbocycles. The van der Waals surface area contributed by atoms with Gasteiger partial charge in [-0.25, -0.2) is 0 Å². The SMILES string of the molecule is [CH2+]C[Si](C)(C)C. The molecule has 0 bridgehead atoms. The fourth-order valence-electron chi connectivity index (χ4n) is 0. The number of hydrogen-bond donors (Lipinski definition) is 0. The molecule has 0 atom stereocenters. The van der Waals surface area contributed by atoms with Crippen molar-refractivity contribution in [1.82, 2.24) is 0 Å². The molecule has 0 aliphatic carbocycles. The summed E-state index contributed by atoms with van der Waals surface area (Å²) in [5.74, 6) is 0. The van der Waals surface area contributed by atoms with Gasteiger partial charge < -0.3 is 0 Å². The van der Waals surface area contributed by atoms with Crippen molar-refractivity contribution < 1.29 is 0 Å². The van der Waals surface area contributed by atoms with Gasteiger partial charge in [0, 0.05) is 0 Å². The van der Waals surface area contributed by atoms with Crippen molar-refractivity contribution in [1.29, 1.82) is 0 Å². The summed E-state index contributed by atoms with van der Waals surface area (Å²) in [6, 6.07) is 1.16. The Balaban J connectivity index is 3.17. The van der Waals surface area contributed by atoms with Gasteiger partial charge in [-0.2, -0.15) is 0 Å². The van der Waals surface area contributed by atoms with Crippen molar-refractivity contribution >= 4 is 8.07 Å². The van der Waals surface area contributed by atoms with Crippen LogP contribution < -0.4 is 0 Å². The van der Waals surface area contributed by atoms with Crippen LogP contribution in [0.5, 0.6) is 0 Å². The molecule has 0 amide bonds. The van der Waals surface area contributed by atoms with Gasteiger partial charge in [-0.3, -0.25) is 0 Å². The highest BCUT2D eigenvalue weighted by Gasteiger charge is 2.12. The van der Waals surface area contributed by atoms with Crippen molar-refractivity contribution in [2.45, 2.75) is 25.7 Å². The average Bonchev–Trinajstić information content (AvgIpc) is 1.35. The molecule has 0 nitrogen and oxygen atoms in total. The van der Waals surface area contributed by atoms with E-state index in [2.05, 4.69) is 26.6 Å². The minimum Gasteiger partial charge on any atom is -0.0657 e. The van der Waals surface area contributed by atoms with Gasteiger partial charge in [0.05, 0.1) is 21.0 Å². The smallest absolute Gasteiger partial charge is 0.0657 e. The highest BCUT2D eigenvalue weighted by atomic mass is 28.3. The van der Waals surface area contributed by atoms with E-state index in [0.29, 0.717) is 0 Å². The summed E-state index contributed by atoms with van der Waals surface area (Å²) < 4.78 is 0. The highest BCUT2D eigenvalue weighted by Crippen LogP contribution is 2.04. The topological polar surface area (TPSA) is 0 Å². The predicted octanol–water partition coefficient (Wildman–Crippen LogP) is 2.16. The van der Waals surface area contributed by atoms with E-state index >= 15 is 0 Å². The summed E-state index contributed by atoms with van der Waals surface area (Å²) in [4.78, 5) is 0. The third-order valence-electron chi connectivity index (χ3n) is 0.750. The molecule has 0 spiro atoms. The molecular formula is C5H13Si+. The second-order valence-corrected chi connectivity index (χ2v) is 8.43. The van der Waals surface area contributed by atoms with Crippen LogP contribution in [0.4, 0.5) is 0 Å². The van der Waals surface area contributed by atoms with Crippen LogP contribution in [0.2, 0.25) is 25.7 Å². The lowest BCUT2D eigenvalue weighted by atomic mass is 11.0. The van der Waals surface area contributed by atoms with Gasteiger partial charge >= 0.3 is 0 Å². The third kappa shape index (κ3) is 4.09. The maximum Gasteiger partial charge on any atom is 0.0977 e. The molecule has 0 unspecified atom stereocenters. The van der Waals surface area contributed by atoms with Crippen LogP contribution in [-0.2, 0) is 0 Å². The zero-order valence-corrected chi connectivity index (χ0v) is 5.91. The Kier molecular flexibility index (Phi) is 1.72. The van der Waals surface area contributed by atoms with Crippen LogP contribution in [-0.4, -0.2) is 8.07 Å². The molecule has 36 valence electrons. The second kappa shape index (κ2) is 1.69. The minimum absolute atomic E-state index is 0.742. The zero-order valence-electron chi connectivity index (χ0n) is 4.91. The number of hydrogen-bond acceptors (Lipinski definition) is 0. The van der Waals surface area contributed by atoms with Crippen molar-refractivity contribution in [2.24, 2.45) is 0 Å². The third-order valence-corrected chi connectivity index (χ3v) is 2.25. The lowest BCUT2D eigenvalue weighted by molar-refractivity contribution is 1.52. The Morgan fingerprint density at radius 2 is 1.50 bits per heavy atom. The van der Waals surface area contributed by atoms with E-state index in [1.807, 2.05) is 0 Å². The predicted molar refractivity (Wildman–Crippen MR) is 33.5 cm³/mol. The molecule has 0 N–H and O–H groups in total. The molecule has 0 aliphatic rings. The Bertz CT molecular complexity index is 33.7. The first-order valence-electron chi connectivity index (χ1n) is 2.35. The molecule has 6 heavy (non-hydrogen) atoms. The zero-order chi connectivity index (χ0) is 5.21. The van der Waals surface area contributed by atoms with Crippen LogP contribution in [0.3, 0.4) is 0 Å². The van der Waals surface area contributed by atoms with E-state index in [1.54, 1.807) is 0 Å². The van der Waals surface area contributed by atoms with E-state index in [9.17, 15) is 0 Å². The van der Waals surface area contributed by atoms with Crippen molar-refractivity contribution in [2.75, 3.05) is 0 Å². The standard InChI is InChI=1S/C5H13Si/c1-5-6(2,3)4/h1,5H2,2-4H3/q+1. The lowest BCUT2D eigenvalue weighted by Crippen LogP contribution is -2.16. The Morgan fingerprint density at radius 3 is 1.50 bits per heavy atom. The average molecular weight is 101 g/mol. The molecule has 0 saturated heterocycles. The van der Waals surface area contributed by atoms with E-state index in [0.717, 1.165) is 6.04 Å². The van der Waals surface area contributed by atoms with E-state index in [4.69, 9.17) is 0 Å². The Hall–Kier alpha value is 0.0869. The molecule has 1 heteroatoms. The fraction of sp³-hybridized carbons (Fsp3) is 0.800. The minimum atomic E-state index is -0.742. The monoisotopic (exact) mass is 101 g/mol. The quantitative estimate of drug-likeness (QED) is 0.351. The summed E-state index contributed by atoms with van der Waals surface area (Å²) in [6.45, 7) is 10.8. The van der Waals surface area contributed by atoms with Gasteiger partial charge in [0.15, 0.2) is 0 Å². The van der Waals surface area contributed by atoms with Gasteiger partial charge in [-0.05, 0) is 0 Å². The highest BCUT2D eigenvalue weighted by molar-refractivity contribution is 6.76. The van der Waals surface area contributed by atoms with Crippen LogP contribution in [0.15, 0.2) is 0 Å². The fourth-order valence-corrected chi connectivity index (χ4v) is 0. The normalized spacial score (nSPS) is 11.8. The molecule has 0 aromatic rings. The second-order valence-electron chi connectivity index (χ2n) is 2.81. The van der Waals surface area contributed by atoms with Gasteiger partial charge in [-0.1, -0.05) is 19.6 Å². The molecule has 0 aliphatic heterocycles. The van der Waals surface area contributed by atoms with Crippen LogP contribution in [0.25, 0.3) is 0 Å². The van der Waals surface area contributed by atoms with E-state index in [-0.39, 0.29) is 0 Å². The summed E-state index contributed by atoms with van der Waals surface area (Å²) in [7, 11) is -0.742. The molecule has 0 radical (unpaired) electrons. The lowest BCUT2D eigenvalue weighted by Gasteiger charge is -2.04. The summed E-state index contributed by atoms with van der Waals surface area (Å²) in [6.07, 6.45) is 0. The summed E-state index contributed by atoms with van der Waals surface area (Å²) in [5.41, 5.74) is 0. The largest absolute Gasteiger partial charge is 0.0977 e. The molecule has 0 fully saturated rings. The van der Waals surface area contributed by atoms with E-state index in [1.165, 1.54) is 0 Å².